The number of sulfonamides is 1. The molecule has 1 aromatic carbocycles. The maximum Gasteiger partial charge on any atom is 0.358 e. The molecule has 0 atom stereocenters. The summed E-state index contributed by atoms with van der Waals surface area (Å²) in [5.74, 6) is 0.00887. The van der Waals surface area contributed by atoms with Crippen molar-refractivity contribution in [1.29, 1.82) is 0 Å². The molecule has 0 aliphatic carbocycles. The summed E-state index contributed by atoms with van der Waals surface area (Å²) in [4.78, 5) is 21.5. The minimum absolute atomic E-state index is 0.0392. The number of aryl methyl sites for hydroxylation is 1. The van der Waals surface area contributed by atoms with Crippen molar-refractivity contribution < 1.29 is 17.9 Å². The van der Waals surface area contributed by atoms with E-state index < -0.39 is 16.0 Å². The van der Waals surface area contributed by atoms with Gasteiger partial charge in [0.2, 0.25) is 10.0 Å². The number of imidazole rings is 1. The Balaban J connectivity index is 1.52. The number of fused-ring (bicyclic) bond motifs is 1. The van der Waals surface area contributed by atoms with E-state index in [1.807, 2.05) is 11.5 Å². The Morgan fingerprint density at radius 1 is 1.27 bits per heavy atom. The van der Waals surface area contributed by atoms with Gasteiger partial charge in [0.05, 0.1) is 15.9 Å². The van der Waals surface area contributed by atoms with Gasteiger partial charge in [-0.1, -0.05) is 12.5 Å². The van der Waals surface area contributed by atoms with Gasteiger partial charge in [-0.15, -0.1) is 17.9 Å². The molecule has 1 N–H and O–H groups in total. The zero-order valence-corrected chi connectivity index (χ0v) is 20.1. The van der Waals surface area contributed by atoms with Crippen molar-refractivity contribution in [2.75, 3.05) is 25.0 Å². The molecule has 0 amide bonds. The molecule has 0 saturated carbocycles. The minimum Gasteiger partial charge on any atom is -0.453 e. The lowest BCUT2D eigenvalue weighted by atomic mass is 10.2. The molecular formula is C22H27N5O4S2. The molecule has 0 unspecified atom stereocenters. The quantitative estimate of drug-likeness (QED) is 0.361. The smallest absolute Gasteiger partial charge is 0.358 e. The van der Waals surface area contributed by atoms with E-state index in [-0.39, 0.29) is 17.2 Å². The first kappa shape index (κ1) is 23.4. The van der Waals surface area contributed by atoms with Crippen LogP contribution in [0.15, 0.2) is 41.1 Å². The van der Waals surface area contributed by atoms with Gasteiger partial charge in [-0.2, -0.15) is 4.31 Å². The molecule has 0 radical (unpaired) electrons. The number of benzene rings is 1. The van der Waals surface area contributed by atoms with Crippen molar-refractivity contribution in [2.24, 2.45) is 0 Å². The number of hydrogen-bond acceptors (Lipinski definition) is 8. The molecule has 0 spiro atoms. The van der Waals surface area contributed by atoms with E-state index in [9.17, 15) is 13.2 Å². The number of ether oxygens (including phenoxy) is 1. The molecule has 1 aliphatic rings. The van der Waals surface area contributed by atoms with Crippen LogP contribution in [0.2, 0.25) is 0 Å². The summed E-state index contributed by atoms with van der Waals surface area (Å²) in [6.07, 6.45) is 4.53. The fraction of sp³-hybridized carbons (Fsp3) is 0.409. The highest BCUT2D eigenvalue weighted by Crippen LogP contribution is 2.25. The molecule has 1 saturated heterocycles. The second kappa shape index (κ2) is 10.0. The van der Waals surface area contributed by atoms with E-state index in [0.29, 0.717) is 42.7 Å². The Morgan fingerprint density at radius 3 is 2.79 bits per heavy atom. The molecule has 33 heavy (non-hydrogen) atoms. The normalized spacial score (nSPS) is 14.9. The molecule has 11 heteroatoms. The average Bonchev–Trinajstić information content (AvgIpc) is 3.45. The van der Waals surface area contributed by atoms with E-state index in [1.54, 1.807) is 34.0 Å². The van der Waals surface area contributed by atoms with Crippen molar-refractivity contribution in [2.45, 2.75) is 44.2 Å². The van der Waals surface area contributed by atoms with Crippen LogP contribution in [0.1, 0.15) is 42.5 Å². The van der Waals surface area contributed by atoms with Crippen molar-refractivity contribution in [3.8, 4) is 0 Å². The Hall–Kier alpha value is -2.76. The predicted octanol–water partition coefficient (Wildman–Crippen LogP) is 3.64. The Labute approximate surface area is 197 Å². The number of thiazole rings is 1. The highest BCUT2D eigenvalue weighted by molar-refractivity contribution is 7.89. The van der Waals surface area contributed by atoms with Gasteiger partial charge in [0.1, 0.15) is 12.4 Å². The number of rotatable bonds is 9. The number of piperidine rings is 1. The molecule has 3 heterocycles. The standard InChI is InChI=1S/C22H27N5O4S2/c1-3-10-23-22-25-18(15-32-22)21(28)31-14-20-24-17-13-16(8-9-19(17)27(20)4-2)33(29,30)26-11-6-5-7-12-26/h3,8-9,13,15H,1,4-7,10-12,14H2,2H3,(H,23,25). The molecule has 1 fully saturated rings. The van der Waals surface area contributed by atoms with Crippen LogP contribution >= 0.6 is 11.3 Å². The van der Waals surface area contributed by atoms with Gasteiger partial charge in [-0.25, -0.2) is 23.2 Å². The molecule has 9 nitrogen and oxygen atoms in total. The summed E-state index contributed by atoms with van der Waals surface area (Å²) in [5, 5.41) is 5.28. The van der Waals surface area contributed by atoms with Gasteiger partial charge >= 0.3 is 5.97 Å². The van der Waals surface area contributed by atoms with Crippen LogP contribution < -0.4 is 5.32 Å². The topological polar surface area (TPSA) is 106 Å². The van der Waals surface area contributed by atoms with Crippen molar-refractivity contribution >= 4 is 43.5 Å². The first-order valence-electron chi connectivity index (χ1n) is 10.9. The largest absolute Gasteiger partial charge is 0.453 e. The highest BCUT2D eigenvalue weighted by Gasteiger charge is 2.27. The van der Waals surface area contributed by atoms with Crippen LogP contribution in [0.5, 0.6) is 0 Å². The Bertz CT molecular complexity index is 1260. The summed E-state index contributed by atoms with van der Waals surface area (Å²) in [7, 11) is -3.55. The fourth-order valence-electron chi connectivity index (χ4n) is 3.85. The molecular weight excluding hydrogens is 462 g/mol. The van der Waals surface area contributed by atoms with Crippen molar-refractivity contribution in [3.63, 3.8) is 0 Å². The van der Waals surface area contributed by atoms with Crippen LogP contribution in [0, 0.1) is 0 Å². The third-order valence-corrected chi connectivity index (χ3v) is 8.21. The maximum atomic E-state index is 13.0. The molecule has 0 bridgehead atoms. The number of hydrogen-bond donors (Lipinski definition) is 1. The van der Waals surface area contributed by atoms with Gasteiger partial charge in [0.25, 0.3) is 0 Å². The summed E-state index contributed by atoms with van der Waals surface area (Å²) in [5.41, 5.74) is 1.58. The van der Waals surface area contributed by atoms with Gasteiger partial charge < -0.3 is 14.6 Å². The molecule has 4 rings (SSSR count). The van der Waals surface area contributed by atoms with E-state index in [1.165, 1.54) is 11.3 Å². The number of carbonyl (C=O) groups excluding carboxylic acids is 1. The van der Waals surface area contributed by atoms with Gasteiger partial charge in [-0.3, -0.25) is 0 Å². The maximum absolute atomic E-state index is 13.0. The molecule has 3 aromatic rings. The number of nitrogens with one attached hydrogen (secondary N) is 1. The first-order valence-corrected chi connectivity index (χ1v) is 13.2. The highest BCUT2D eigenvalue weighted by atomic mass is 32.2. The van der Waals surface area contributed by atoms with Crippen molar-refractivity contribution in [3.05, 3.63) is 47.8 Å². The van der Waals surface area contributed by atoms with E-state index in [4.69, 9.17) is 4.74 Å². The second-order valence-corrected chi connectivity index (χ2v) is 10.5. The molecule has 176 valence electrons. The van der Waals surface area contributed by atoms with Crippen LogP contribution in [-0.2, 0) is 27.9 Å². The number of aromatic nitrogens is 3. The first-order chi connectivity index (χ1) is 15.9. The Morgan fingerprint density at radius 2 is 2.06 bits per heavy atom. The zero-order valence-electron chi connectivity index (χ0n) is 18.5. The summed E-state index contributed by atoms with van der Waals surface area (Å²) >= 11 is 1.31. The lowest BCUT2D eigenvalue weighted by Gasteiger charge is -2.25. The van der Waals surface area contributed by atoms with E-state index in [2.05, 4.69) is 21.9 Å². The van der Waals surface area contributed by atoms with Crippen molar-refractivity contribution in [1.82, 2.24) is 18.8 Å². The van der Waals surface area contributed by atoms with Gasteiger partial charge in [0, 0.05) is 31.6 Å². The second-order valence-electron chi connectivity index (χ2n) is 7.67. The lowest BCUT2D eigenvalue weighted by Crippen LogP contribution is -2.35. The van der Waals surface area contributed by atoms with E-state index in [0.717, 1.165) is 24.8 Å². The number of anilines is 1. The zero-order chi connectivity index (χ0) is 23.4. The fourth-order valence-corrected chi connectivity index (χ4v) is 6.08. The summed E-state index contributed by atoms with van der Waals surface area (Å²) in [6, 6.07) is 5.00. The number of nitrogens with zero attached hydrogens (tertiary/aromatic N) is 4. The number of carbonyl (C=O) groups is 1. The van der Waals surface area contributed by atoms with E-state index >= 15 is 0 Å². The van der Waals surface area contributed by atoms with Gasteiger partial charge in [-0.05, 0) is 38.0 Å². The lowest BCUT2D eigenvalue weighted by molar-refractivity contribution is 0.0453. The molecule has 2 aromatic heterocycles. The third kappa shape index (κ3) is 4.94. The summed E-state index contributed by atoms with van der Waals surface area (Å²) < 4.78 is 35.0. The SMILES string of the molecule is C=CCNc1nc(C(=O)OCc2nc3cc(S(=O)(=O)N4CCCCC4)ccc3n2CC)cs1. The van der Waals surface area contributed by atoms with Crippen LogP contribution in [0.4, 0.5) is 5.13 Å². The van der Waals surface area contributed by atoms with Crippen LogP contribution in [-0.4, -0.2) is 52.9 Å². The predicted molar refractivity (Wildman–Crippen MR) is 128 cm³/mol. The Kier molecular flexibility index (Phi) is 7.11. The van der Waals surface area contributed by atoms with Crippen LogP contribution in [0.25, 0.3) is 11.0 Å². The minimum atomic E-state index is -3.55. The third-order valence-electron chi connectivity index (χ3n) is 5.51. The monoisotopic (exact) mass is 489 g/mol. The van der Waals surface area contributed by atoms with Gasteiger partial charge in [0.15, 0.2) is 10.8 Å². The molecule has 1 aliphatic heterocycles. The summed E-state index contributed by atoms with van der Waals surface area (Å²) in [6.45, 7) is 7.81. The average molecular weight is 490 g/mol. The number of esters is 1. The van der Waals surface area contributed by atoms with Crippen LogP contribution in [0.3, 0.4) is 0 Å².